The van der Waals surface area contributed by atoms with E-state index in [9.17, 15) is 4.79 Å². The average molecular weight is 433 g/mol. The third-order valence-electron chi connectivity index (χ3n) is 4.65. The lowest BCUT2D eigenvalue weighted by molar-refractivity contribution is 0.0746. The number of hydrogen-bond donors (Lipinski definition) is 0. The van der Waals surface area contributed by atoms with Gasteiger partial charge in [0, 0.05) is 54.6 Å². The van der Waals surface area contributed by atoms with Gasteiger partial charge in [0.2, 0.25) is 0 Å². The van der Waals surface area contributed by atoms with Gasteiger partial charge in [0.15, 0.2) is 0 Å². The van der Waals surface area contributed by atoms with Crippen molar-refractivity contribution in [3.8, 4) is 10.6 Å². The highest BCUT2D eigenvalue weighted by Gasteiger charge is 2.24. The number of carbonyl (C=O) groups is 1. The van der Waals surface area contributed by atoms with E-state index >= 15 is 0 Å². The number of halogens is 2. The number of benzene rings is 1. The van der Waals surface area contributed by atoms with Crippen LogP contribution in [-0.2, 0) is 0 Å². The predicted molar refractivity (Wildman–Crippen MR) is 115 cm³/mol. The molecule has 1 aromatic carbocycles. The number of thiazole rings is 1. The minimum absolute atomic E-state index is 0.0386. The first-order valence-corrected chi connectivity index (χ1v) is 10.5. The lowest BCUT2D eigenvalue weighted by Gasteiger charge is -2.35. The predicted octanol–water partition coefficient (Wildman–Crippen LogP) is 4.78. The monoisotopic (exact) mass is 432 g/mol. The van der Waals surface area contributed by atoms with E-state index in [0.29, 0.717) is 47.6 Å². The van der Waals surface area contributed by atoms with Crippen molar-refractivity contribution in [3.05, 3.63) is 63.2 Å². The smallest absolute Gasteiger partial charge is 0.253 e. The van der Waals surface area contributed by atoms with Gasteiger partial charge in [-0.2, -0.15) is 0 Å². The zero-order valence-corrected chi connectivity index (χ0v) is 17.6. The summed E-state index contributed by atoms with van der Waals surface area (Å²) in [5.74, 6) is 0.748. The van der Waals surface area contributed by atoms with E-state index in [0.717, 1.165) is 16.3 Å². The molecule has 3 heterocycles. The molecule has 144 valence electrons. The Bertz CT molecular complexity index is 998. The highest BCUT2D eigenvalue weighted by Crippen LogP contribution is 2.27. The van der Waals surface area contributed by atoms with Gasteiger partial charge in [0.05, 0.1) is 10.0 Å². The summed E-state index contributed by atoms with van der Waals surface area (Å²) in [5, 5.41) is 4.03. The number of aromatic nitrogens is 2. The third-order valence-corrected chi connectivity index (χ3v) is 6.15. The van der Waals surface area contributed by atoms with Crippen LogP contribution in [0.1, 0.15) is 16.1 Å². The Morgan fingerprint density at radius 3 is 2.43 bits per heavy atom. The largest absolute Gasteiger partial charge is 0.352 e. The molecule has 1 aliphatic heterocycles. The number of anilines is 1. The summed E-state index contributed by atoms with van der Waals surface area (Å²) in [5.41, 5.74) is 2.73. The standard InChI is InChI=1S/C20H18Cl2N4OS/c1-13-12-28-19(24-13)14-2-4-15(5-3-14)20(27)26-8-6-25(7-9-26)18-17(22)10-16(21)11-23-18/h2-5,10-12H,6-9H2,1H3. The van der Waals surface area contributed by atoms with E-state index < -0.39 is 0 Å². The summed E-state index contributed by atoms with van der Waals surface area (Å²) in [4.78, 5) is 25.6. The van der Waals surface area contributed by atoms with Crippen LogP contribution in [0, 0.1) is 6.92 Å². The fourth-order valence-electron chi connectivity index (χ4n) is 3.19. The molecule has 8 heteroatoms. The molecule has 0 bridgehead atoms. The topological polar surface area (TPSA) is 49.3 Å². The number of carbonyl (C=O) groups excluding carboxylic acids is 1. The Balaban J connectivity index is 1.41. The van der Waals surface area contributed by atoms with Gasteiger partial charge in [-0.05, 0) is 25.1 Å². The van der Waals surface area contributed by atoms with E-state index in [-0.39, 0.29) is 5.91 Å². The Morgan fingerprint density at radius 2 is 1.82 bits per heavy atom. The maximum atomic E-state index is 12.8. The van der Waals surface area contributed by atoms with Crippen molar-refractivity contribution < 1.29 is 4.79 Å². The molecule has 5 nitrogen and oxygen atoms in total. The first kappa shape index (κ1) is 19.2. The number of amides is 1. The summed E-state index contributed by atoms with van der Waals surface area (Å²) < 4.78 is 0. The quantitative estimate of drug-likeness (QED) is 0.597. The SMILES string of the molecule is Cc1csc(-c2ccc(C(=O)N3CCN(c4ncc(Cl)cc4Cl)CC3)cc2)n1. The summed E-state index contributed by atoms with van der Waals surface area (Å²) in [6.45, 7) is 4.57. The maximum Gasteiger partial charge on any atom is 0.253 e. The van der Waals surface area contributed by atoms with Crippen LogP contribution in [0.4, 0.5) is 5.82 Å². The summed E-state index contributed by atoms with van der Waals surface area (Å²) in [7, 11) is 0. The van der Waals surface area contributed by atoms with Crippen LogP contribution in [0.2, 0.25) is 10.0 Å². The van der Waals surface area contributed by atoms with Gasteiger partial charge in [0.1, 0.15) is 10.8 Å². The van der Waals surface area contributed by atoms with Crippen LogP contribution in [0.25, 0.3) is 10.6 Å². The van der Waals surface area contributed by atoms with E-state index in [1.807, 2.05) is 41.5 Å². The van der Waals surface area contributed by atoms with E-state index in [2.05, 4.69) is 14.9 Å². The molecule has 0 spiro atoms. The van der Waals surface area contributed by atoms with E-state index in [1.54, 1.807) is 23.6 Å². The second kappa shape index (κ2) is 8.07. The highest BCUT2D eigenvalue weighted by molar-refractivity contribution is 7.13. The van der Waals surface area contributed by atoms with Crippen LogP contribution < -0.4 is 4.90 Å². The Hall–Kier alpha value is -2.15. The van der Waals surface area contributed by atoms with Crippen molar-refractivity contribution in [1.82, 2.24) is 14.9 Å². The maximum absolute atomic E-state index is 12.8. The second-order valence-corrected chi connectivity index (χ2v) is 8.31. The summed E-state index contributed by atoms with van der Waals surface area (Å²) >= 11 is 13.8. The first-order chi connectivity index (χ1) is 13.5. The molecule has 1 aliphatic rings. The minimum Gasteiger partial charge on any atom is -0.352 e. The first-order valence-electron chi connectivity index (χ1n) is 8.89. The van der Waals surface area contributed by atoms with Crippen molar-refractivity contribution in [1.29, 1.82) is 0 Å². The van der Waals surface area contributed by atoms with Gasteiger partial charge in [-0.15, -0.1) is 11.3 Å². The molecule has 28 heavy (non-hydrogen) atoms. The molecule has 0 unspecified atom stereocenters. The Labute approximate surface area is 177 Å². The second-order valence-electron chi connectivity index (χ2n) is 6.61. The lowest BCUT2D eigenvalue weighted by Crippen LogP contribution is -2.49. The fourth-order valence-corrected chi connectivity index (χ4v) is 4.49. The minimum atomic E-state index is 0.0386. The Morgan fingerprint density at radius 1 is 1.11 bits per heavy atom. The molecular formula is C20H18Cl2N4OS. The lowest BCUT2D eigenvalue weighted by atomic mass is 10.1. The zero-order chi connectivity index (χ0) is 19.7. The van der Waals surface area contributed by atoms with Crippen molar-refractivity contribution >= 4 is 46.3 Å². The van der Waals surface area contributed by atoms with Gasteiger partial charge in [-0.25, -0.2) is 9.97 Å². The average Bonchev–Trinajstić information content (AvgIpc) is 3.14. The molecule has 0 aliphatic carbocycles. The highest BCUT2D eigenvalue weighted by atomic mass is 35.5. The molecule has 0 N–H and O–H groups in total. The van der Waals surface area contributed by atoms with Gasteiger partial charge >= 0.3 is 0 Å². The number of nitrogens with zero attached hydrogens (tertiary/aromatic N) is 4. The zero-order valence-electron chi connectivity index (χ0n) is 15.2. The Kier molecular flexibility index (Phi) is 5.53. The molecule has 4 rings (SSSR count). The van der Waals surface area contributed by atoms with Gasteiger partial charge in [-0.1, -0.05) is 35.3 Å². The molecule has 2 aromatic heterocycles. The normalized spacial score (nSPS) is 14.4. The van der Waals surface area contributed by atoms with Crippen LogP contribution in [-0.4, -0.2) is 47.0 Å². The van der Waals surface area contributed by atoms with E-state index in [4.69, 9.17) is 23.2 Å². The van der Waals surface area contributed by atoms with Crippen molar-refractivity contribution in [2.45, 2.75) is 6.92 Å². The summed E-state index contributed by atoms with van der Waals surface area (Å²) in [6, 6.07) is 9.35. The van der Waals surface area contributed by atoms with Crippen molar-refractivity contribution in [2.24, 2.45) is 0 Å². The number of hydrogen-bond acceptors (Lipinski definition) is 5. The van der Waals surface area contributed by atoms with Crippen LogP contribution >= 0.6 is 34.5 Å². The number of pyridine rings is 1. The van der Waals surface area contributed by atoms with E-state index in [1.165, 1.54) is 0 Å². The molecular weight excluding hydrogens is 415 g/mol. The molecule has 1 fully saturated rings. The summed E-state index contributed by atoms with van der Waals surface area (Å²) in [6.07, 6.45) is 1.59. The third kappa shape index (κ3) is 3.99. The van der Waals surface area contributed by atoms with Gasteiger partial charge < -0.3 is 9.80 Å². The number of rotatable bonds is 3. The van der Waals surface area contributed by atoms with Crippen molar-refractivity contribution in [3.63, 3.8) is 0 Å². The van der Waals surface area contributed by atoms with Gasteiger partial charge in [0.25, 0.3) is 5.91 Å². The number of aryl methyl sites for hydroxylation is 1. The molecule has 1 saturated heterocycles. The number of piperazine rings is 1. The fraction of sp³-hybridized carbons (Fsp3) is 0.250. The molecule has 0 radical (unpaired) electrons. The molecule has 1 amide bonds. The molecule has 3 aromatic rings. The van der Waals surface area contributed by atoms with Crippen LogP contribution in [0.15, 0.2) is 41.9 Å². The van der Waals surface area contributed by atoms with Crippen molar-refractivity contribution in [2.75, 3.05) is 31.1 Å². The molecule has 0 saturated carbocycles. The van der Waals surface area contributed by atoms with Crippen LogP contribution in [0.3, 0.4) is 0 Å². The molecule has 0 atom stereocenters. The van der Waals surface area contributed by atoms with Gasteiger partial charge in [-0.3, -0.25) is 4.79 Å². The van der Waals surface area contributed by atoms with Crippen LogP contribution in [0.5, 0.6) is 0 Å².